The Balaban J connectivity index is 3.76. The predicted octanol–water partition coefficient (Wildman–Crippen LogP) is 26.5. The molecule has 0 bridgehead atoms. The third-order valence-electron chi connectivity index (χ3n) is 17.9. The number of hydrogen-bond acceptors (Lipinski definition) is 8. The standard InChI is InChI=1S/C81H152NO8P/c1-3-5-7-9-11-13-15-17-19-21-23-25-27-29-31-33-35-37-38-39-40-42-43-45-47-49-51-53-55-57-59-61-63-65-67-69-71-73-80(83)87-77-79(78-89-91(85,86)88-76-75-82)90-81(84)74-72-70-68-66-64-62-60-58-56-54-52-50-48-46-44-41-36-34-32-30-28-26-24-22-20-18-16-14-12-10-8-6-4-2/h6,8,12,14,18,20,24,26,30,32,79H,3-5,7,9-11,13,15-17,19,21-23,25,27-29,31,33-78,82H2,1-2H3,(H,85,86)/b8-6-,14-12-,20-18-,26-24-,32-30-. The lowest BCUT2D eigenvalue weighted by Gasteiger charge is -2.19. The lowest BCUT2D eigenvalue weighted by atomic mass is 10.0. The molecular weight excluding hydrogens is 1150 g/mol. The first-order valence-corrected chi connectivity index (χ1v) is 41.3. The minimum absolute atomic E-state index is 0.0548. The van der Waals surface area contributed by atoms with Crippen molar-refractivity contribution in [1.82, 2.24) is 0 Å². The van der Waals surface area contributed by atoms with Crippen LogP contribution in [0.1, 0.15) is 412 Å². The number of allylic oxidation sites excluding steroid dienone is 10. The van der Waals surface area contributed by atoms with Crippen molar-refractivity contribution in [2.75, 3.05) is 26.4 Å². The molecule has 0 heterocycles. The van der Waals surface area contributed by atoms with Gasteiger partial charge in [-0.1, -0.05) is 402 Å². The van der Waals surface area contributed by atoms with Crippen molar-refractivity contribution in [2.24, 2.45) is 5.73 Å². The predicted molar refractivity (Wildman–Crippen MR) is 395 cm³/mol. The normalized spacial score (nSPS) is 13.1. The van der Waals surface area contributed by atoms with Crippen LogP contribution >= 0.6 is 7.82 Å². The van der Waals surface area contributed by atoms with E-state index in [-0.39, 0.29) is 38.6 Å². The van der Waals surface area contributed by atoms with Gasteiger partial charge in [0.05, 0.1) is 13.2 Å². The zero-order valence-corrected chi connectivity index (χ0v) is 61.2. The molecule has 0 aliphatic rings. The van der Waals surface area contributed by atoms with Gasteiger partial charge in [0, 0.05) is 19.4 Å². The highest BCUT2D eigenvalue weighted by Crippen LogP contribution is 2.43. The van der Waals surface area contributed by atoms with Gasteiger partial charge in [0.15, 0.2) is 6.10 Å². The number of carbonyl (C=O) groups excluding carboxylic acids is 2. The summed E-state index contributed by atoms with van der Waals surface area (Å²) in [6, 6.07) is 0. The van der Waals surface area contributed by atoms with E-state index in [2.05, 4.69) is 74.6 Å². The van der Waals surface area contributed by atoms with Gasteiger partial charge in [0.1, 0.15) is 6.61 Å². The van der Waals surface area contributed by atoms with Crippen molar-refractivity contribution < 1.29 is 37.6 Å². The minimum atomic E-state index is -4.40. The van der Waals surface area contributed by atoms with Gasteiger partial charge in [0.25, 0.3) is 0 Å². The van der Waals surface area contributed by atoms with E-state index in [9.17, 15) is 19.0 Å². The Morgan fingerprint density at radius 3 is 0.901 bits per heavy atom. The molecule has 0 aromatic heterocycles. The molecule has 91 heavy (non-hydrogen) atoms. The first kappa shape index (κ1) is 88.7. The van der Waals surface area contributed by atoms with Crippen molar-refractivity contribution in [3.8, 4) is 0 Å². The molecule has 0 aliphatic carbocycles. The maximum absolute atomic E-state index is 12.8. The van der Waals surface area contributed by atoms with Gasteiger partial charge in [-0.3, -0.25) is 18.6 Å². The van der Waals surface area contributed by atoms with Crippen LogP contribution in [-0.4, -0.2) is 49.3 Å². The molecule has 0 radical (unpaired) electrons. The molecule has 0 spiro atoms. The van der Waals surface area contributed by atoms with Crippen LogP contribution in [0.3, 0.4) is 0 Å². The van der Waals surface area contributed by atoms with Crippen LogP contribution in [0.4, 0.5) is 0 Å². The van der Waals surface area contributed by atoms with E-state index in [1.165, 1.54) is 308 Å². The molecule has 9 nitrogen and oxygen atoms in total. The molecule has 0 amide bonds. The van der Waals surface area contributed by atoms with Crippen molar-refractivity contribution in [1.29, 1.82) is 0 Å². The summed E-state index contributed by atoms with van der Waals surface area (Å²) >= 11 is 0. The Morgan fingerprint density at radius 1 is 0.341 bits per heavy atom. The number of carbonyl (C=O) groups is 2. The molecule has 0 fully saturated rings. The largest absolute Gasteiger partial charge is 0.472 e. The summed E-state index contributed by atoms with van der Waals surface area (Å²) in [5.41, 5.74) is 5.41. The fraction of sp³-hybridized carbons (Fsp3) is 0.852. The first-order chi connectivity index (χ1) is 44.8. The summed E-state index contributed by atoms with van der Waals surface area (Å²) in [7, 11) is -4.40. The van der Waals surface area contributed by atoms with Crippen molar-refractivity contribution in [3.05, 3.63) is 60.8 Å². The van der Waals surface area contributed by atoms with Crippen LogP contribution in [0.2, 0.25) is 0 Å². The Bertz CT molecular complexity index is 1680. The Labute approximate surface area is 565 Å². The Hall–Kier alpha value is -2.29. The quantitative estimate of drug-likeness (QED) is 0.0264. The second-order valence-corrected chi connectivity index (χ2v) is 28.4. The molecule has 0 aliphatic heterocycles. The van der Waals surface area contributed by atoms with Crippen molar-refractivity contribution >= 4 is 19.8 Å². The zero-order chi connectivity index (χ0) is 65.8. The van der Waals surface area contributed by atoms with Gasteiger partial charge >= 0.3 is 19.8 Å². The van der Waals surface area contributed by atoms with E-state index in [1.54, 1.807) is 0 Å². The number of unbranched alkanes of at least 4 members (excludes halogenated alkanes) is 53. The molecule has 0 saturated carbocycles. The van der Waals surface area contributed by atoms with Crippen LogP contribution < -0.4 is 5.73 Å². The average Bonchev–Trinajstić information content (AvgIpc) is 3.74. The Kier molecular flexibility index (Phi) is 74.8. The molecule has 0 saturated heterocycles. The fourth-order valence-electron chi connectivity index (χ4n) is 12.1. The summed E-state index contributed by atoms with van der Waals surface area (Å²) < 4.78 is 33.3. The highest BCUT2D eigenvalue weighted by molar-refractivity contribution is 7.47. The minimum Gasteiger partial charge on any atom is -0.462 e. The molecule has 2 unspecified atom stereocenters. The lowest BCUT2D eigenvalue weighted by molar-refractivity contribution is -0.161. The first-order valence-electron chi connectivity index (χ1n) is 39.8. The number of esters is 2. The SMILES string of the molecule is CC/C=C\C/C=C\C/C=C\C/C=C\C/C=C\CCCCCCCCCCCCCCCCCCCC(=O)OC(COC(=O)CCCCCCCCCCCCCCCCCCCCCCCCCCCCCCCCCCCCCCC)COP(=O)(O)OCCN. The van der Waals surface area contributed by atoms with Crippen molar-refractivity contribution in [3.63, 3.8) is 0 Å². The maximum Gasteiger partial charge on any atom is 0.472 e. The molecule has 2 atom stereocenters. The van der Waals surface area contributed by atoms with E-state index < -0.39 is 26.5 Å². The topological polar surface area (TPSA) is 134 Å². The molecule has 0 rings (SSSR count). The van der Waals surface area contributed by atoms with E-state index in [1.807, 2.05) is 0 Å². The number of ether oxygens (including phenoxy) is 2. The molecule has 0 aromatic carbocycles. The van der Waals surface area contributed by atoms with E-state index in [4.69, 9.17) is 24.3 Å². The highest BCUT2D eigenvalue weighted by atomic mass is 31.2. The summed E-state index contributed by atoms with van der Waals surface area (Å²) in [4.78, 5) is 35.5. The number of rotatable bonds is 76. The molecular formula is C81H152NO8P. The van der Waals surface area contributed by atoms with Crippen molar-refractivity contribution in [2.45, 2.75) is 418 Å². The van der Waals surface area contributed by atoms with Crippen LogP contribution in [0, 0.1) is 0 Å². The molecule has 10 heteroatoms. The number of nitrogens with two attached hydrogens (primary N) is 1. The van der Waals surface area contributed by atoms with Crippen LogP contribution in [0.25, 0.3) is 0 Å². The Morgan fingerprint density at radius 2 is 0.604 bits per heavy atom. The molecule has 3 N–H and O–H groups in total. The molecule has 0 aromatic rings. The summed E-state index contributed by atoms with van der Waals surface area (Å²) in [5.74, 6) is -0.805. The van der Waals surface area contributed by atoms with Gasteiger partial charge in [-0.05, 0) is 57.8 Å². The number of phosphoric acid groups is 1. The number of hydrogen-bond donors (Lipinski definition) is 2. The monoisotopic (exact) mass is 1300 g/mol. The van der Waals surface area contributed by atoms with Crippen LogP contribution in [-0.2, 0) is 32.7 Å². The number of phosphoric ester groups is 1. The van der Waals surface area contributed by atoms with Gasteiger partial charge in [-0.15, -0.1) is 0 Å². The second kappa shape index (κ2) is 76.7. The maximum atomic E-state index is 12.8. The smallest absolute Gasteiger partial charge is 0.462 e. The third kappa shape index (κ3) is 76.6. The van der Waals surface area contributed by atoms with Crippen LogP contribution in [0.15, 0.2) is 60.8 Å². The summed E-state index contributed by atoms with van der Waals surface area (Å²) in [6.07, 6.45) is 101. The molecule has 534 valence electrons. The lowest BCUT2D eigenvalue weighted by Crippen LogP contribution is -2.29. The van der Waals surface area contributed by atoms with E-state index in [0.717, 1.165) is 70.6 Å². The van der Waals surface area contributed by atoms with Gasteiger partial charge in [-0.25, -0.2) is 4.57 Å². The average molecular weight is 1300 g/mol. The second-order valence-electron chi connectivity index (χ2n) is 26.9. The van der Waals surface area contributed by atoms with E-state index in [0.29, 0.717) is 6.42 Å². The zero-order valence-electron chi connectivity index (χ0n) is 60.3. The van der Waals surface area contributed by atoms with Gasteiger partial charge in [-0.2, -0.15) is 0 Å². The van der Waals surface area contributed by atoms with E-state index >= 15 is 0 Å². The third-order valence-corrected chi connectivity index (χ3v) is 18.9. The highest BCUT2D eigenvalue weighted by Gasteiger charge is 2.26. The van der Waals surface area contributed by atoms with Gasteiger partial charge in [0.2, 0.25) is 0 Å². The summed E-state index contributed by atoms with van der Waals surface area (Å²) in [5, 5.41) is 0. The van der Waals surface area contributed by atoms with Gasteiger partial charge < -0.3 is 20.1 Å². The fourth-order valence-corrected chi connectivity index (χ4v) is 12.8. The van der Waals surface area contributed by atoms with Crippen LogP contribution in [0.5, 0.6) is 0 Å². The summed E-state index contributed by atoms with van der Waals surface area (Å²) in [6.45, 7) is 3.71.